The largest absolute Gasteiger partial charge is 0.484 e. The van der Waals surface area contributed by atoms with Gasteiger partial charge in [-0.3, -0.25) is 4.79 Å². The first-order valence-electron chi connectivity index (χ1n) is 6.58. The van der Waals surface area contributed by atoms with Crippen molar-refractivity contribution in [2.24, 2.45) is 0 Å². The Kier molecular flexibility index (Phi) is 5.04. The van der Waals surface area contributed by atoms with Crippen molar-refractivity contribution in [2.45, 2.75) is 13.0 Å². The van der Waals surface area contributed by atoms with Crippen LogP contribution in [-0.2, 0) is 4.79 Å². The molecule has 22 heavy (non-hydrogen) atoms. The Balaban J connectivity index is 1.88. The second kappa shape index (κ2) is 6.98. The molecule has 2 aromatic carbocycles. The normalized spacial score (nSPS) is 11.8. The lowest BCUT2D eigenvalue weighted by molar-refractivity contribution is -0.123. The van der Waals surface area contributed by atoms with Gasteiger partial charge < -0.3 is 10.1 Å². The van der Waals surface area contributed by atoms with Gasteiger partial charge >= 0.3 is 0 Å². The second-order valence-corrected chi connectivity index (χ2v) is 4.71. The molecule has 0 radical (unpaired) electrons. The van der Waals surface area contributed by atoms with Crippen LogP contribution >= 0.6 is 0 Å². The molecule has 0 bridgehead atoms. The van der Waals surface area contributed by atoms with Crippen molar-refractivity contribution < 1.29 is 22.7 Å². The predicted octanol–water partition coefficient (Wildman–Crippen LogP) is 3.36. The van der Waals surface area contributed by atoms with Gasteiger partial charge in [0.1, 0.15) is 11.6 Å². The lowest BCUT2D eigenvalue weighted by Crippen LogP contribution is -2.31. The van der Waals surface area contributed by atoms with Crippen LogP contribution in [-0.4, -0.2) is 12.5 Å². The Bertz CT molecular complexity index is 659. The van der Waals surface area contributed by atoms with Gasteiger partial charge in [-0.2, -0.15) is 0 Å². The number of carbonyl (C=O) groups is 1. The van der Waals surface area contributed by atoms with Gasteiger partial charge in [-0.15, -0.1) is 0 Å². The molecule has 1 unspecified atom stereocenters. The van der Waals surface area contributed by atoms with Crippen molar-refractivity contribution in [3.05, 3.63) is 65.5 Å². The Labute approximate surface area is 125 Å². The van der Waals surface area contributed by atoms with E-state index in [0.717, 1.165) is 12.1 Å². The van der Waals surface area contributed by atoms with Gasteiger partial charge in [0.15, 0.2) is 18.2 Å². The third-order valence-corrected chi connectivity index (χ3v) is 3.00. The van der Waals surface area contributed by atoms with Crippen molar-refractivity contribution >= 4 is 5.91 Å². The topological polar surface area (TPSA) is 38.3 Å². The van der Waals surface area contributed by atoms with Crippen LogP contribution in [0.2, 0.25) is 0 Å². The third-order valence-electron chi connectivity index (χ3n) is 3.00. The number of halogens is 3. The summed E-state index contributed by atoms with van der Waals surface area (Å²) in [5.74, 6) is -2.38. The van der Waals surface area contributed by atoms with E-state index in [9.17, 15) is 18.0 Å². The van der Waals surface area contributed by atoms with Gasteiger partial charge in [0, 0.05) is 0 Å². The monoisotopic (exact) mass is 309 g/mol. The maximum atomic E-state index is 13.1. The highest BCUT2D eigenvalue weighted by molar-refractivity contribution is 5.78. The Morgan fingerprint density at radius 2 is 1.77 bits per heavy atom. The fourth-order valence-electron chi connectivity index (χ4n) is 1.83. The first kappa shape index (κ1) is 15.9. The number of rotatable bonds is 5. The molecule has 0 saturated heterocycles. The fraction of sp³-hybridized carbons (Fsp3) is 0.188. The SMILES string of the molecule is CC(NC(=O)COc1ccc(F)cc1)c1ccc(F)c(F)c1. The van der Waals surface area contributed by atoms with Crippen molar-refractivity contribution in [1.29, 1.82) is 0 Å². The molecule has 6 heteroatoms. The quantitative estimate of drug-likeness (QED) is 0.920. The van der Waals surface area contributed by atoms with E-state index in [2.05, 4.69) is 5.32 Å². The van der Waals surface area contributed by atoms with Crippen LogP contribution in [0.15, 0.2) is 42.5 Å². The highest BCUT2D eigenvalue weighted by atomic mass is 19.2. The molecule has 0 saturated carbocycles. The van der Waals surface area contributed by atoms with E-state index in [-0.39, 0.29) is 6.61 Å². The van der Waals surface area contributed by atoms with Gasteiger partial charge in [-0.1, -0.05) is 6.07 Å². The average molecular weight is 309 g/mol. The van der Waals surface area contributed by atoms with Crippen LogP contribution in [0.1, 0.15) is 18.5 Å². The smallest absolute Gasteiger partial charge is 0.258 e. The molecule has 0 aliphatic carbocycles. The van der Waals surface area contributed by atoms with Gasteiger partial charge in [0.05, 0.1) is 6.04 Å². The number of amides is 1. The minimum atomic E-state index is -0.971. The lowest BCUT2D eigenvalue weighted by atomic mass is 10.1. The molecular weight excluding hydrogens is 295 g/mol. The number of benzene rings is 2. The third kappa shape index (κ3) is 4.25. The summed E-state index contributed by atoms with van der Waals surface area (Å²) < 4.78 is 43.9. The first-order chi connectivity index (χ1) is 10.5. The van der Waals surface area contributed by atoms with Crippen LogP contribution in [0, 0.1) is 17.5 Å². The minimum Gasteiger partial charge on any atom is -0.484 e. The highest BCUT2D eigenvalue weighted by Gasteiger charge is 2.12. The van der Waals surface area contributed by atoms with Crippen LogP contribution in [0.5, 0.6) is 5.75 Å². The van der Waals surface area contributed by atoms with E-state index < -0.39 is 29.4 Å². The number of hydrogen-bond donors (Lipinski definition) is 1. The zero-order valence-electron chi connectivity index (χ0n) is 11.8. The molecule has 1 amide bonds. The van der Waals surface area contributed by atoms with Crippen LogP contribution < -0.4 is 10.1 Å². The first-order valence-corrected chi connectivity index (χ1v) is 6.58. The Hall–Kier alpha value is -2.50. The molecule has 1 N–H and O–H groups in total. The van der Waals surface area contributed by atoms with E-state index in [1.54, 1.807) is 6.92 Å². The molecule has 0 spiro atoms. The summed E-state index contributed by atoms with van der Waals surface area (Å²) in [4.78, 5) is 11.7. The summed E-state index contributed by atoms with van der Waals surface area (Å²) in [6.07, 6.45) is 0. The van der Waals surface area contributed by atoms with Gasteiger partial charge in [0.25, 0.3) is 5.91 Å². The summed E-state index contributed by atoms with van der Waals surface area (Å²) >= 11 is 0. The molecule has 2 rings (SSSR count). The molecule has 0 heterocycles. The van der Waals surface area contributed by atoms with Crippen molar-refractivity contribution in [2.75, 3.05) is 6.61 Å². The number of nitrogens with one attached hydrogen (secondary N) is 1. The summed E-state index contributed by atoms with van der Waals surface area (Å²) in [6, 6.07) is 8.17. The highest BCUT2D eigenvalue weighted by Crippen LogP contribution is 2.16. The zero-order chi connectivity index (χ0) is 16.1. The van der Waals surface area contributed by atoms with Crippen LogP contribution in [0.4, 0.5) is 13.2 Å². The van der Waals surface area contributed by atoms with E-state index in [1.807, 2.05) is 0 Å². The maximum absolute atomic E-state index is 13.1. The fourth-order valence-corrected chi connectivity index (χ4v) is 1.83. The summed E-state index contributed by atoms with van der Waals surface area (Å²) in [5.41, 5.74) is 0.439. The summed E-state index contributed by atoms with van der Waals surface area (Å²) in [5, 5.41) is 2.60. The van der Waals surface area contributed by atoms with E-state index in [1.165, 1.54) is 30.3 Å². The molecule has 0 aromatic heterocycles. The molecule has 3 nitrogen and oxygen atoms in total. The van der Waals surface area contributed by atoms with Crippen molar-refractivity contribution in [3.8, 4) is 5.75 Å². The Morgan fingerprint density at radius 1 is 1.09 bits per heavy atom. The van der Waals surface area contributed by atoms with Crippen LogP contribution in [0.25, 0.3) is 0 Å². The van der Waals surface area contributed by atoms with Gasteiger partial charge in [0.2, 0.25) is 0 Å². The van der Waals surface area contributed by atoms with Crippen LogP contribution in [0.3, 0.4) is 0 Å². The molecule has 0 aliphatic heterocycles. The maximum Gasteiger partial charge on any atom is 0.258 e. The number of ether oxygens (including phenoxy) is 1. The van der Waals surface area contributed by atoms with E-state index in [4.69, 9.17) is 4.74 Å². The number of hydrogen-bond acceptors (Lipinski definition) is 2. The van der Waals surface area contributed by atoms with E-state index in [0.29, 0.717) is 11.3 Å². The van der Waals surface area contributed by atoms with Gasteiger partial charge in [-0.05, 0) is 48.9 Å². The minimum absolute atomic E-state index is 0.264. The summed E-state index contributed by atoms with van der Waals surface area (Å²) in [7, 11) is 0. The summed E-state index contributed by atoms with van der Waals surface area (Å²) in [6.45, 7) is 1.38. The molecule has 116 valence electrons. The van der Waals surface area contributed by atoms with Crippen molar-refractivity contribution in [1.82, 2.24) is 5.32 Å². The van der Waals surface area contributed by atoms with E-state index >= 15 is 0 Å². The molecule has 2 aromatic rings. The average Bonchev–Trinajstić information content (AvgIpc) is 2.49. The zero-order valence-corrected chi connectivity index (χ0v) is 11.8. The molecule has 0 fully saturated rings. The second-order valence-electron chi connectivity index (χ2n) is 4.71. The van der Waals surface area contributed by atoms with Gasteiger partial charge in [-0.25, -0.2) is 13.2 Å². The molecule has 0 aliphatic rings. The lowest BCUT2D eigenvalue weighted by Gasteiger charge is -2.15. The predicted molar refractivity (Wildman–Crippen MR) is 74.8 cm³/mol. The number of carbonyl (C=O) groups excluding carboxylic acids is 1. The standard InChI is InChI=1S/C16H14F3NO2/c1-10(11-2-7-14(18)15(19)8-11)20-16(21)9-22-13-5-3-12(17)4-6-13/h2-8,10H,9H2,1H3,(H,20,21). The molecular formula is C16H14F3NO2. The molecule has 1 atom stereocenters. The van der Waals surface area contributed by atoms with Crippen molar-refractivity contribution in [3.63, 3.8) is 0 Å². The Morgan fingerprint density at radius 3 is 2.41 bits per heavy atom.